The molecule has 1 unspecified atom stereocenters. The van der Waals surface area contributed by atoms with Crippen molar-refractivity contribution in [3.05, 3.63) is 0 Å². The fraction of sp³-hybridized carbons (Fsp3) is 1.00. The summed E-state index contributed by atoms with van der Waals surface area (Å²) in [5.41, 5.74) is 6.98. The molecule has 2 nitrogen and oxygen atoms in total. The molecule has 1 saturated heterocycles. The highest BCUT2D eigenvalue weighted by atomic mass is 16.5. The van der Waals surface area contributed by atoms with Crippen molar-refractivity contribution in [2.24, 2.45) is 11.1 Å². The summed E-state index contributed by atoms with van der Waals surface area (Å²) in [6, 6.07) is 0. The second-order valence-electron chi connectivity index (χ2n) is 5.40. The Hall–Kier alpha value is -0.0800. The zero-order valence-corrected chi connectivity index (χ0v) is 9.35. The van der Waals surface area contributed by atoms with Gasteiger partial charge in [0.2, 0.25) is 0 Å². The maximum atomic E-state index is 6.41. The van der Waals surface area contributed by atoms with Crippen LogP contribution in [-0.2, 0) is 4.74 Å². The molecule has 0 aromatic heterocycles. The average Bonchev–Trinajstić information content (AvgIpc) is 2.13. The Morgan fingerprint density at radius 3 is 2.43 bits per heavy atom. The molecule has 1 saturated carbocycles. The van der Waals surface area contributed by atoms with E-state index in [1.807, 2.05) is 0 Å². The number of hydrogen-bond donors (Lipinski definition) is 1. The lowest BCUT2D eigenvalue weighted by atomic mass is 9.60. The van der Waals surface area contributed by atoms with Crippen LogP contribution < -0.4 is 5.73 Å². The highest BCUT2D eigenvalue weighted by molar-refractivity contribution is 4.97. The maximum Gasteiger partial charge on any atom is 0.0646 e. The molecule has 0 aromatic rings. The van der Waals surface area contributed by atoms with Crippen molar-refractivity contribution < 1.29 is 4.74 Å². The first-order chi connectivity index (χ1) is 6.68. The molecule has 2 heteroatoms. The monoisotopic (exact) mass is 197 g/mol. The van der Waals surface area contributed by atoms with E-state index in [4.69, 9.17) is 10.5 Å². The highest BCUT2D eigenvalue weighted by Gasteiger charge is 2.42. The summed E-state index contributed by atoms with van der Waals surface area (Å²) in [6.07, 6.45) is 8.99. The number of ether oxygens (including phenoxy) is 1. The molecule has 0 bridgehead atoms. The van der Waals surface area contributed by atoms with Crippen LogP contribution in [0.25, 0.3) is 0 Å². The minimum atomic E-state index is -0.00528. The van der Waals surface area contributed by atoms with Crippen molar-refractivity contribution in [1.82, 2.24) is 0 Å². The van der Waals surface area contributed by atoms with E-state index in [0.29, 0.717) is 5.41 Å². The Balaban J connectivity index is 1.93. The van der Waals surface area contributed by atoms with Gasteiger partial charge in [-0.05, 0) is 37.5 Å². The van der Waals surface area contributed by atoms with E-state index < -0.39 is 0 Å². The largest absolute Gasteiger partial charge is 0.380 e. The first-order valence-electron chi connectivity index (χ1n) is 6.05. The van der Waals surface area contributed by atoms with Gasteiger partial charge in [-0.1, -0.05) is 19.8 Å². The zero-order valence-electron chi connectivity index (χ0n) is 9.35. The van der Waals surface area contributed by atoms with Crippen molar-refractivity contribution in [2.75, 3.05) is 13.2 Å². The van der Waals surface area contributed by atoms with Gasteiger partial charge in [0, 0.05) is 12.1 Å². The molecule has 0 radical (unpaired) electrons. The third kappa shape index (κ3) is 1.96. The second-order valence-corrected chi connectivity index (χ2v) is 5.40. The lowest BCUT2D eigenvalue weighted by Crippen LogP contribution is -2.52. The lowest BCUT2D eigenvalue weighted by Gasteiger charge is -2.48. The predicted octanol–water partition coefficient (Wildman–Crippen LogP) is 2.46. The summed E-state index contributed by atoms with van der Waals surface area (Å²) in [4.78, 5) is 0. The lowest BCUT2D eigenvalue weighted by molar-refractivity contribution is -0.00893. The summed E-state index contributed by atoms with van der Waals surface area (Å²) >= 11 is 0. The van der Waals surface area contributed by atoms with Crippen LogP contribution in [0.5, 0.6) is 0 Å². The summed E-state index contributed by atoms with van der Waals surface area (Å²) in [5.74, 6) is 0. The average molecular weight is 197 g/mol. The maximum absolute atomic E-state index is 6.41. The van der Waals surface area contributed by atoms with Gasteiger partial charge in [0.25, 0.3) is 0 Å². The Bertz CT molecular complexity index is 187. The molecule has 1 atom stereocenters. The third-order valence-corrected chi connectivity index (χ3v) is 4.24. The molecule has 82 valence electrons. The standard InChI is InChI=1S/C12H23NO/c1-2-11(5-3-6-11)9-12(13)7-4-8-14-10-12/h2-10,13H2,1H3. The Morgan fingerprint density at radius 2 is 2.00 bits per heavy atom. The van der Waals surface area contributed by atoms with E-state index >= 15 is 0 Å². The first-order valence-corrected chi connectivity index (χ1v) is 6.05. The molecule has 2 aliphatic rings. The van der Waals surface area contributed by atoms with Gasteiger partial charge in [-0.3, -0.25) is 0 Å². The van der Waals surface area contributed by atoms with E-state index in [2.05, 4.69) is 6.92 Å². The summed E-state index contributed by atoms with van der Waals surface area (Å²) < 4.78 is 5.52. The molecule has 2 rings (SSSR count). The molecule has 0 aromatic carbocycles. The quantitative estimate of drug-likeness (QED) is 0.754. The normalized spacial score (nSPS) is 36.4. The van der Waals surface area contributed by atoms with Gasteiger partial charge < -0.3 is 10.5 Å². The molecule has 0 spiro atoms. The number of rotatable bonds is 3. The Labute approximate surface area is 87.2 Å². The van der Waals surface area contributed by atoms with E-state index in [0.717, 1.165) is 26.1 Å². The first kappa shape index (κ1) is 10.4. The van der Waals surface area contributed by atoms with E-state index in [-0.39, 0.29) is 5.54 Å². The van der Waals surface area contributed by atoms with E-state index in [1.165, 1.54) is 32.1 Å². The van der Waals surface area contributed by atoms with Crippen molar-refractivity contribution >= 4 is 0 Å². The van der Waals surface area contributed by atoms with E-state index in [1.54, 1.807) is 0 Å². The van der Waals surface area contributed by atoms with Crippen molar-refractivity contribution in [3.63, 3.8) is 0 Å². The molecule has 1 aliphatic carbocycles. The Kier molecular flexibility index (Phi) is 2.85. The van der Waals surface area contributed by atoms with Crippen LogP contribution in [0.2, 0.25) is 0 Å². The van der Waals surface area contributed by atoms with Crippen LogP contribution in [0.15, 0.2) is 0 Å². The van der Waals surface area contributed by atoms with E-state index in [9.17, 15) is 0 Å². The van der Waals surface area contributed by atoms with Gasteiger partial charge >= 0.3 is 0 Å². The topological polar surface area (TPSA) is 35.2 Å². The predicted molar refractivity (Wildman–Crippen MR) is 58.2 cm³/mol. The molecule has 1 aliphatic heterocycles. The van der Waals surface area contributed by atoms with Gasteiger partial charge in [-0.25, -0.2) is 0 Å². The molecular formula is C12H23NO. The Morgan fingerprint density at radius 1 is 1.21 bits per heavy atom. The van der Waals surface area contributed by atoms with Crippen LogP contribution in [0.4, 0.5) is 0 Å². The SMILES string of the molecule is CCC1(CC2(N)CCCOC2)CCC1. The molecular weight excluding hydrogens is 174 g/mol. The van der Waals surface area contributed by atoms with Gasteiger partial charge in [0.15, 0.2) is 0 Å². The van der Waals surface area contributed by atoms with Gasteiger partial charge in [0.05, 0.1) is 6.61 Å². The van der Waals surface area contributed by atoms with Crippen LogP contribution in [-0.4, -0.2) is 18.8 Å². The minimum Gasteiger partial charge on any atom is -0.380 e. The summed E-state index contributed by atoms with van der Waals surface area (Å²) in [7, 11) is 0. The van der Waals surface area contributed by atoms with Crippen LogP contribution >= 0.6 is 0 Å². The molecule has 1 heterocycles. The van der Waals surface area contributed by atoms with Gasteiger partial charge in [0.1, 0.15) is 0 Å². The fourth-order valence-corrected chi connectivity index (χ4v) is 3.09. The molecule has 14 heavy (non-hydrogen) atoms. The van der Waals surface area contributed by atoms with Crippen LogP contribution in [0.1, 0.15) is 51.9 Å². The minimum absolute atomic E-state index is 0.00528. The van der Waals surface area contributed by atoms with Crippen molar-refractivity contribution in [3.8, 4) is 0 Å². The molecule has 2 N–H and O–H groups in total. The number of hydrogen-bond acceptors (Lipinski definition) is 2. The molecule has 0 amide bonds. The summed E-state index contributed by atoms with van der Waals surface area (Å²) in [5, 5.41) is 0. The van der Waals surface area contributed by atoms with Crippen molar-refractivity contribution in [1.29, 1.82) is 0 Å². The van der Waals surface area contributed by atoms with Crippen molar-refractivity contribution in [2.45, 2.75) is 57.4 Å². The third-order valence-electron chi connectivity index (χ3n) is 4.24. The van der Waals surface area contributed by atoms with Gasteiger partial charge in [-0.15, -0.1) is 0 Å². The zero-order chi connectivity index (χ0) is 10.1. The fourth-order valence-electron chi connectivity index (χ4n) is 3.09. The summed E-state index contributed by atoms with van der Waals surface area (Å²) in [6.45, 7) is 4.01. The highest BCUT2D eigenvalue weighted by Crippen LogP contribution is 2.49. The van der Waals surface area contributed by atoms with Crippen LogP contribution in [0, 0.1) is 5.41 Å². The van der Waals surface area contributed by atoms with Gasteiger partial charge in [-0.2, -0.15) is 0 Å². The second kappa shape index (κ2) is 3.82. The smallest absolute Gasteiger partial charge is 0.0646 e. The molecule has 2 fully saturated rings. The number of nitrogens with two attached hydrogens (primary N) is 1. The van der Waals surface area contributed by atoms with Crippen LogP contribution in [0.3, 0.4) is 0 Å².